The van der Waals surface area contributed by atoms with Gasteiger partial charge in [-0.15, -0.1) is 0 Å². The Kier molecular flexibility index (Phi) is 3.93. The van der Waals surface area contributed by atoms with E-state index in [1.807, 2.05) is 23.4 Å². The number of aromatic nitrogens is 3. The Morgan fingerprint density at radius 2 is 2.44 bits per heavy atom. The van der Waals surface area contributed by atoms with Crippen LogP contribution in [0.3, 0.4) is 0 Å². The van der Waals surface area contributed by atoms with Gasteiger partial charge in [-0.05, 0) is 13.8 Å². The Morgan fingerprint density at radius 1 is 1.67 bits per heavy atom. The standard InChI is InChI=1S/C11H19N5O2/c1-8(2)16-10(13-7-14-16)6-15-4-3-12-5-9(15)11(17)18/h7-9,12H,3-6H2,1-2H3,(H,17,18). The van der Waals surface area contributed by atoms with Gasteiger partial charge in [0.1, 0.15) is 18.2 Å². The molecule has 1 aliphatic heterocycles. The first-order chi connectivity index (χ1) is 8.59. The molecule has 1 fully saturated rings. The van der Waals surface area contributed by atoms with Crippen molar-refractivity contribution in [2.45, 2.75) is 32.5 Å². The van der Waals surface area contributed by atoms with Crippen molar-refractivity contribution in [3.05, 3.63) is 12.2 Å². The van der Waals surface area contributed by atoms with E-state index in [0.717, 1.165) is 12.4 Å². The fraction of sp³-hybridized carbons (Fsp3) is 0.727. The van der Waals surface area contributed by atoms with Crippen LogP contribution in [-0.2, 0) is 11.3 Å². The summed E-state index contributed by atoms with van der Waals surface area (Å²) in [5.74, 6) is 0.0240. The normalized spacial score (nSPS) is 21.4. The molecule has 1 aliphatic rings. The molecule has 7 heteroatoms. The highest BCUT2D eigenvalue weighted by Crippen LogP contribution is 2.11. The third kappa shape index (κ3) is 2.68. The van der Waals surface area contributed by atoms with Crippen LogP contribution in [0.2, 0.25) is 0 Å². The lowest BCUT2D eigenvalue weighted by atomic mass is 10.2. The van der Waals surface area contributed by atoms with E-state index in [1.165, 1.54) is 6.33 Å². The first-order valence-corrected chi connectivity index (χ1v) is 6.15. The smallest absolute Gasteiger partial charge is 0.322 e. The molecule has 0 saturated carbocycles. The van der Waals surface area contributed by atoms with Gasteiger partial charge in [-0.2, -0.15) is 5.10 Å². The number of rotatable bonds is 4. The molecule has 2 heterocycles. The van der Waals surface area contributed by atoms with Crippen LogP contribution in [0.1, 0.15) is 25.7 Å². The maximum Gasteiger partial charge on any atom is 0.322 e. The van der Waals surface area contributed by atoms with E-state index in [-0.39, 0.29) is 6.04 Å². The highest BCUT2D eigenvalue weighted by atomic mass is 16.4. The van der Waals surface area contributed by atoms with E-state index in [0.29, 0.717) is 19.6 Å². The molecule has 0 aromatic carbocycles. The van der Waals surface area contributed by atoms with Crippen LogP contribution < -0.4 is 5.32 Å². The first-order valence-electron chi connectivity index (χ1n) is 6.15. The zero-order valence-corrected chi connectivity index (χ0v) is 10.7. The van der Waals surface area contributed by atoms with Crippen LogP contribution >= 0.6 is 0 Å². The van der Waals surface area contributed by atoms with Crippen LogP contribution in [0.15, 0.2) is 6.33 Å². The summed E-state index contributed by atoms with van der Waals surface area (Å²) in [7, 11) is 0. The molecule has 0 bridgehead atoms. The van der Waals surface area contributed by atoms with Crippen molar-refractivity contribution in [2.24, 2.45) is 0 Å². The number of carbonyl (C=O) groups is 1. The molecule has 2 N–H and O–H groups in total. The summed E-state index contributed by atoms with van der Waals surface area (Å²) < 4.78 is 1.83. The van der Waals surface area contributed by atoms with E-state index in [2.05, 4.69) is 15.4 Å². The molecule has 1 aromatic heterocycles. The van der Waals surface area contributed by atoms with Gasteiger partial charge in [0.25, 0.3) is 0 Å². The number of aliphatic carboxylic acids is 1. The average molecular weight is 253 g/mol. The Bertz CT molecular complexity index is 417. The fourth-order valence-corrected chi connectivity index (χ4v) is 2.18. The number of nitrogens with one attached hydrogen (secondary N) is 1. The van der Waals surface area contributed by atoms with Crippen molar-refractivity contribution in [1.82, 2.24) is 25.0 Å². The summed E-state index contributed by atoms with van der Waals surface area (Å²) in [5, 5.41) is 16.5. The van der Waals surface area contributed by atoms with Crippen LogP contribution in [0.25, 0.3) is 0 Å². The van der Waals surface area contributed by atoms with Crippen LogP contribution in [0.5, 0.6) is 0 Å². The summed E-state index contributed by atoms with van der Waals surface area (Å²) >= 11 is 0. The van der Waals surface area contributed by atoms with Gasteiger partial charge in [-0.3, -0.25) is 9.69 Å². The van der Waals surface area contributed by atoms with E-state index < -0.39 is 12.0 Å². The molecule has 7 nitrogen and oxygen atoms in total. The highest BCUT2D eigenvalue weighted by Gasteiger charge is 2.29. The minimum atomic E-state index is -0.794. The second-order valence-corrected chi connectivity index (χ2v) is 4.74. The minimum absolute atomic E-state index is 0.230. The molecule has 0 amide bonds. The van der Waals surface area contributed by atoms with E-state index in [4.69, 9.17) is 0 Å². The monoisotopic (exact) mass is 253 g/mol. The van der Waals surface area contributed by atoms with Crippen molar-refractivity contribution in [2.75, 3.05) is 19.6 Å². The molecule has 0 spiro atoms. The topological polar surface area (TPSA) is 83.3 Å². The molecule has 0 aliphatic carbocycles. The predicted octanol–water partition coefficient (Wildman–Crippen LogP) is -0.283. The van der Waals surface area contributed by atoms with Gasteiger partial charge in [0.05, 0.1) is 6.54 Å². The molecular weight excluding hydrogens is 234 g/mol. The summed E-state index contributed by atoms with van der Waals surface area (Å²) in [6.07, 6.45) is 1.52. The minimum Gasteiger partial charge on any atom is -0.480 e. The van der Waals surface area contributed by atoms with Crippen molar-refractivity contribution in [1.29, 1.82) is 0 Å². The number of hydrogen-bond acceptors (Lipinski definition) is 5. The molecule has 1 unspecified atom stereocenters. The van der Waals surface area contributed by atoms with Crippen molar-refractivity contribution in [3.8, 4) is 0 Å². The van der Waals surface area contributed by atoms with Gasteiger partial charge >= 0.3 is 5.97 Å². The Hall–Kier alpha value is -1.47. The second kappa shape index (κ2) is 5.45. The molecular formula is C11H19N5O2. The van der Waals surface area contributed by atoms with Crippen LogP contribution in [0, 0.1) is 0 Å². The first kappa shape index (κ1) is 13.0. The lowest BCUT2D eigenvalue weighted by Crippen LogP contribution is -2.54. The Labute approximate surface area is 106 Å². The summed E-state index contributed by atoms with van der Waals surface area (Å²) in [6, 6.07) is -0.259. The predicted molar refractivity (Wildman–Crippen MR) is 65.1 cm³/mol. The Balaban J connectivity index is 2.11. The molecule has 100 valence electrons. The third-order valence-electron chi connectivity index (χ3n) is 3.12. The molecule has 1 atom stereocenters. The lowest BCUT2D eigenvalue weighted by molar-refractivity contribution is -0.144. The highest BCUT2D eigenvalue weighted by molar-refractivity contribution is 5.73. The van der Waals surface area contributed by atoms with Crippen LogP contribution in [0.4, 0.5) is 0 Å². The zero-order valence-electron chi connectivity index (χ0n) is 10.7. The Morgan fingerprint density at radius 3 is 3.11 bits per heavy atom. The number of hydrogen-bond donors (Lipinski definition) is 2. The fourth-order valence-electron chi connectivity index (χ4n) is 2.18. The third-order valence-corrected chi connectivity index (χ3v) is 3.12. The van der Waals surface area contributed by atoms with Crippen molar-refractivity contribution >= 4 is 5.97 Å². The summed E-state index contributed by atoms with van der Waals surface area (Å²) in [4.78, 5) is 17.3. The van der Waals surface area contributed by atoms with E-state index in [1.54, 1.807) is 0 Å². The van der Waals surface area contributed by atoms with Crippen molar-refractivity contribution < 1.29 is 9.90 Å². The second-order valence-electron chi connectivity index (χ2n) is 4.74. The summed E-state index contributed by atoms with van der Waals surface area (Å²) in [5.41, 5.74) is 0. The molecule has 1 aromatic rings. The number of piperazine rings is 1. The maximum atomic E-state index is 11.2. The maximum absolute atomic E-state index is 11.2. The largest absolute Gasteiger partial charge is 0.480 e. The average Bonchev–Trinajstić information content (AvgIpc) is 2.77. The molecule has 2 rings (SSSR count). The summed E-state index contributed by atoms with van der Waals surface area (Å²) in [6.45, 7) is 6.58. The van der Waals surface area contributed by atoms with Gasteiger partial charge in [0, 0.05) is 25.7 Å². The van der Waals surface area contributed by atoms with Gasteiger partial charge in [0.2, 0.25) is 0 Å². The van der Waals surface area contributed by atoms with Gasteiger partial charge in [-0.1, -0.05) is 0 Å². The van der Waals surface area contributed by atoms with Gasteiger partial charge in [-0.25, -0.2) is 9.67 Å². The lowest BCUT2D eigenvalue weighted by Gasteiger charge is -2.33. The van der Waals surface area contributed by atoms with Gasteiger partial charge < -0.3 is 10.4 Å². The number of carboxylic acids is 1. The van der Waals surface area contributed by atoms with Gasteiger partial charge in [0.15, 0.2) is 0 Å². The quantitative estimate of drug-likeness (QED) is 0.767. The zero-order chi connectivity index (χ0) is 13.1. The number of carboxylic acid groups (broad SMARTS) is 1. The number of nitrogens with zero attached hydrogens (tertiary/aromatic N) is 4. The van der Waals surface area contributed by atoms with E-state index in [9.17, 15) is 9.90 Å². The van der Waals surface area contributed by atoms with Crippen LogP contribution in [-0.4, -0.2) is 56.4 Å². The molecule has 0 radical (unpaired) electrons. The molecule has 1 saturated heterocycles. The SMILES string of the molecule is CC(C)n1ncnc1CN1CCNCC1C(=O)O. The van der Waals surface area contributed by atoms with Crippen molar-refractivity contribution in [3.63, 3.8) is 0 Å². The molecule has 18 heavy (non-hydrogen) atoms. The van der Waals surface area contributed by atoms with E-state index >= 15 is 0 Å².